The molecule has 0 bridgehead atoms. The molecule has 0 spiro atoms. The van der Waals surface area contributed by atoms with E-state index in [2.05, 4.69) is 5.32 Å². The van der Waals surface area contributed by atoms with Gasteiger partial charge in [-0.05, 0) is 32.9 Å². The summed E-state index contributed by atoms with van der Waals surface area (Å²) in [4.78, 5) is 24.9. The lowest BCUT2D eigenvalue weighted by Crippen LogP contribution is -2.24. The van der Waals surface area contributed by atoms with E-state index in [0.717, 1.165) is 4.90 Å². The summed E-state index contributed by atoms with van der Waals surface area (Å²) in [6.45, 7) is 4.71. The van der Waals surface area contributed by atoms with Gasteiger partial charge < -0.3 is 9.15 Å². The van der Waals surface area contributed by atoms with E-state index in [4.69, 9.17) is 14.4 Å². The number of anilines is 1. The second kappa shape index (κ2) is 8.40. The van der Waals surface area contributed by atoms with Gasteiger partial charge in [-0.1, -0.05) is 18.2 Å². The third-order valence-electron chi connectivity index (χ3n) is 3.48. The van der Waals surface area contributed by atoms with Crippen molar-refractivity contribution >= 4 is 29.5 Å². The number of nitriles is 1. The summed E-state index contributed by atoms with van der Waals surface area (Å²) in [5.74, 6) is -0.422. The number of hydrogen-bond acceptors (Lipinski definition) is 6. The summed E-state index contributed by atoms with van der Waals surface area (Å²) in [6.07, 6.45) is 0. The highest BCUT2D eigenvalue weighted by molar-refractivity contribution is 8.00. The molecule has 0 aliphatic rings. The first-order valence-electron chi connectivity index (χ1n) is 7.60. The van der Waals surface area contributed by atoms with Crippen molar-refractivity contribution in [3.05, 3.63) is 47.2 Å². The number of nitrogens with zero attached hydrogens (tertiary/aromatic N) is 1. The number of carbonyl (C=O) groups is 2. The first-order valence-corrected chi connectivity index (χ1v) is 8.48. The van der Waals surface area contributed by atoms with Crippen LogP contribution in [-0.2, 0) is 14.3 Å². The van der Waals surface area contributed by atoms with Crippen LogP contribution >= 0.6 is 11.8 Å². The molecule has 0 saturated carbocycles. The highest BCUT2D eigenvalue weighted by Crippen LogP contribution is 2.25. The summed E-state index contributed by atoms with van der Waals surface area (Å²) < 4.78 is 10.4. The van der Waals surface area contributed by atoms with E-state index in [1.165, 1.54) is 11.8 Å². The zero-order valence-electron chi connectivity index (χ0n) is 14.2. The van der Waals surface area contributed by atoms with Crippen LogP contribution in [0.3, 0.4) is 0 Å². The molecule has 1 N–H and O–H groups in total. The van der Waals surface area contributed by atoms with Gasteiger partial charge in [-0.3, -0.25) is 14.9 Å². The van der Waals surface area contributed by atoms with Crippen LogP contribution in [0.15, 0.2) is 39.6 Å². The third-order valence-corrected chi connectivity index (χ3v) is 4.57. The quantitative estimate of drug-likeness (QED) is 0.628. The van der Waals surface area contributed by atoms with Gasteiger partial charge in [0.05, 0.1) is 0 Å². The minimum absolute atomic E-state index is 0.0743. The molecule has 0 radical (unpaired) electrons. The first-order chi connectivity index (χ1) is 11.9. The van der Waals surface area contributed by atoms with Crippen LogP contribution in [0.25, 0.3) is 0 Å². The van der Waals surface area contributed by atoms with Crippen molar-refractivity contribution in [1.29, 1.82) is 5.26 Å². The maximum Gasteiger partial charge on any atom is 0.319 e. The van der Waals surface area contributed by atoms with Crippen LogP contribution in [0.4, 0.5) is 5.88 Å². The fourth-order valence-corrected chi connectivity index (χ4v) is 2.90. The van der Waals surface area contributed by atoms with Gasteiger partial charge in [0, 0.05) is 10.5 Å². The van der Waals surface area contributed by atoms with Gasteiger partial charge in [0.1, 0.15) is 22.6 Å². The molecule has 2 rings (SSSR count). The normalized spacial score (nSPS) is 11.4. The summed E-state index contributed by atoms with van der Waals surface area (Å²) in [6, 6.07) is 11.4. The van der Waals surface area contributed by atoms with Crippen LogP contribution < -0.4 is 5.32 Å². The average molecular weight is 358 g/mol. The van der Waals surface area contributed by atoms with Crippen molar-refractivity contribution in [2.45, 2.75) is 30.9 Å². The molecule has 1 atom stereocenters. The topological polar surface area (TPSA) is 92.3 Å². The molecule has 1 heterocycles. The monoisotopic (exact) mass is 358 g/mol. The lowest BCUT2D eigenvalue weighted by Gasteiger charge is -2.11. The molecule has 1 aromatic heterocycles. The Bertz CT molecular complexity index is 808. The first kappa shape index (κ1) is 18.6. The lowest BCUT2D eigenvalue weighted by atomic mass is 10.2. The molecule has 25 heavy (non-hydrogen) atoms. The molecule has 1 aromatic carbocycles. The van der Waals surface area contributed by atoms with Gasteiger partial charge >= 0.3 is 5.97 Å². The maximum atomic E-state index is 12.0. The van der Waals surface area contributed by atoms with E-state index in [-0.39, 0.29) is 11.4 Å². The smallest absolute Gasteiger partial charge is 0.319 e. The molecule has 1 amide bonds. The molecule has 1 unspecified atom stereocenters. The van der Waals surface area contributed by atoms with Crippen molar-refractivity contribution in [3.8, 4) is 6.07 Å². The van der Waals surface area contributed by atoms with E-state index >= 15 is 0 Å². The molecule has 130 valence electrons. The van der Waals surface area contributed by atoms with E-state index < -0.39 is 23.7 Å². The Labute approximate surface area is 150 Å². The lowest BCUT2D eigenvalue weighted by molar-refractivity contribution is -0.146. The zero-order valence-corrected chi connectivity index (χ0v) is 15.0. The Morgan fingerprint density at radius 1 is 1.32 bits per heavy atom. The molecule has 0 aliphatic heterocycles. The van der Waals surface area contributed by atoms with Crippen LogP contribution in [0.2, 0.25) is 0 Å². The van der Waals surface area contributed by atoms with Crippen molar-refractivity contribution < 1.29 is 18.7 Å². The van der Waals surface area contributed by atoms with Crippen LogP contribution in [0.5, 0.6) is 0 Å². The second-order valence-corrected chi connectivity index (χ2v) is 6.74. The number of esters is 1. The number of benzene rings is 1. The third kappa shape index (κ3) is 4.88. The van der Waals surface area contributed by atoms with E-state index in [0.29, 0.717) is 11.3 Å². The molecular weight excluding hydrogens is 340 g/mol. The molecular formula is C18H18N2O4S. The molecule has 6 nitrogen and oxygen atoms in total. The Morgan fingerprint density at radius 2 is 2.00 bits per heavy atom. The number of aryl methyl sites for hydroxylation is 1. The van der Waals surface area contributed by atoms with Crippen molar-refractivity contribution in [1.82, 2.24) is 0 Å². The standard InChI is InChI=1S/C18H18N2O4S/c1-11-12(2)24-17(15(11)9-19)20-16(21)10-23-18(22)13(3)25-14-7-5-4-6-8-14/h4-8,13H,10H2,1-3H3,(H,20,21). The Kier molecular flexibility index (Phi) is 6.25. The fourth-order valence-electron chi connectivity index (χ4n) is 2.02. The SMILES string of the molecule is Cc1oc(NC(=O)COC(=O)C(C)Sc2ccccc2)c(C#N)c1C. The van der Waals surface area contributed by atoms with Gasteiger partial charge in [-0.25, -0.2) is 0 Å². The highest BCUT2D eigenvalue weighted by atomic mass is 32.2. The second-order valence-electron chi connectivity index (χ2n) is 5.33. The van der Waals surface area contributed by atoms with E-state index in [9.17, 15) is 9.59 Å². The Morgan fingerprint density at radius 3 is 2.64 bits per heavy atom. The number of hydrogen-bond donors (Lipinski definition) is 1. The van der Waals surface area contributed by atoms with Crippen LogP contribution in [-0.4, -0.2) is 23.7 Å². The van der Waals surface area contributed by atoms with Gasteiger partial charge in [0.25, 0.3) is 5.91 Å². The number of carbonyl (C=O) groups excluding carboxylic acids is 2. The van der Waals surface area contributed by atoms with Crippen molar-refractivity contribution in [2.75, 3.05) is 11.9 Å². The van der Waals surface area contributed by atoms with Gasteiger partial charge in [0.15, 0.2) is 6.61 Å². The maximum absolute atomic E-state index is 12.0. The molecule has 0 saturated heterocycles. The van der Waals surface area contributed by atoms with Gasteiger partial charge in [0.2, 0.25) is 5.88 Å². The summed E-state index contributed by atoms with van der Waals surface area (Å²) in [5, 5.41) is 11.1. The largest absolute Gasteiger partial charge is 0.455 e. The van der Waals surface area contributed by atoms with Gasteiger partial charge in [-0.2, -0.15) is 5.26 Å². The Hall–Kier alpha value is -2.72. The summed E-state index contributed by atoms with van der Waals surface area (Å²) in [5.41, 5.74) is 0.938. The molecule has 0 fully saturated rings. The molecule has 0 aliphatic carbocycles. The van der Waals surface area contributed by atoms with Crippen LogP contribution in [0.1, 0.15) is 23.8 Å². The average Bonchev–Trinajstić information content (AvgIpc) is 2.86. The molecule has 7 heteroatoms. The number of nitrogens with one attached hydrogen (secondary N) is 1. The van der Waals surface area contributed by atoms with Crippen LogP contribution in [0, 0.1) is 25.2 Å². The summed E-state index contributed by atoms with van der Waals surface area (Å²) in [7, 11) is 0. The number of ether oxygens (including phenoxy) is 1. The number of rotatable bonds is 6. The predicted molar refractivity (Wildman–Crippen MR) is 94.2 cm³/mol. The number of amides is 1. The molecule has 2 aromatic rings. The predicted octanol–water partition coefficient (Wildman–Crippen LogP) is 3.43. The minimum atomic E-state index is -0.560. The van der Waals surface area contributed by atoms with E-state index in [1.807, 2.05) is 36.4 Å². The minimum Gasteiger partial charge on any atom is -0.455 e. The van der Waals surface area contributed by atoms with Crippen molar-refractivity contribution in [3.63, 3.8) is 0 Å². The fraction of sp³-hybridized carbons (Fsp3) is 0.278. The van der Waals surface area contributed by atoms with Crippen molar-refractivity contribution in [2.24, 2.45) is 0 Å². The van der Waals surface area contributed by atoms with Gasteiger partial charge in [-0.15, -0.1) is 11.8 Å². The number of furan rings is 1. The zero-order chi connectivity index (χ0) is 18.4. The van der Waals surface area contributed by atoms with E-state index in [1.54, 1.807) is 20.8 Å². The summed E-state index contributed by atoms with van der Waals surface area (Å²) >= 11 is 1.35. The number of thioether (sulfide) groups is 1. The Balaban J connectivity index is 1.86. The highest BCUT2D eigenvalue weighted by Gasteiger charge is 2.20.